The zero-order valence-electron chi connectivity index (χ0n) is 16.3. The summed E-state index contributed by atoms with van der Waals surface area (Å²) in [5, 5.41) is 0. The maximum absolute atomic E-state index is 13.1. The molecular formula is C21H28N4O3. The highest BCUT2D eigenvalue weighted by molar-refractivity contribution is 5.81. The molecule has 4 aliphatic carbocycles. The van der Waals surface area contributed by atoms with Crippen LogP contribution in [0.25, 0.3) is 0 Å². The molecular weight excluding hydrogens is 356 g/mol. The van der Waals surface area contributed by atoms with Crippen LogP contribution in [0, 0.1) is 30.1 Å². The van der Waals surface area contributed by atoms with Gasteiger partial charge in [0.2, 0.25) is 5.91 Å². The monoisotopic (exact) mass is 384 g/mol. The number of ether oxygens (including phenoxy) is 1. The molecule has 2 heterocycles. The van der Waals surface area contributed by atoms with E-state index in [2.05, 4.69) is 9.97 Å². The SMILES string of the molecule is Cc1cnc(C2CCCN2C(=O)OC2C3CC4CC2CC(C(N)=O)(C4)C3)nc1. The highest BCUT2D eigenvalue weighted by Gasteiger charge is 2.59. The molecule has 28 heavy (non-hydrogen) atoms. The molecule has 7 heteroatoms. The molecule has 5 fully saturated rings. The number of aromatic nitrogens is 2. The molecule has 0 aromatic carbocycles. The molecule has 0 spiro atoms. The van der Waals surface area contributed by atoms with E-state index >= 15 is 0 Å². The van der Waals surface area contributed by atoms with Crippen molar-refractivity contribution >= 4 is 12.0 Å². The molecule has 5 aliphatic rings. The quantitative estimate of drug-likeness (QED) is 0.864. The van der Waals surface area contributed by atoms with Gasteiger partial charge in [0.15, 0.2) is 5.82 Å². The fourth-order valence-electron chi connectivity index (χ4n) is 6.48. The fourth-order valence-corrected chi connectivity index (χ4v) is 6.48. The summed E-state index contributed by atoms with van der Waals surface area (Å²) in [7, 11) is 0. The van der Waals surface area contributed by atoms with E-state index in [1.807, 2.05) is 6.92 Å². The lowest BCUT2D eigenvalue weighted by Crippen LogP contribution is -2.59. The van der Waals surface area contributed by atoms with Crippen molar-refractivity contribution in [2.75, 3.05) is 6.54 Å². The molecule has 2 N–H and O–H groups in total. The number of nitrogens with two attached hydrogens (primary N) is 1. The van der Waals surface area contributed by atoms with E-state index < -0.39 is 0 Å². The summed E-state index contributed by atoms with van der Waals surface area (Å²) < 4.78 is 6.09. The second-order valence-corrected chi connectivity index (χ2v) is 9.43. The number of aryl methyl sites for hydroxylation is 1. The molecule has 7 nitrogen and oxygen atoms in total. The van der Waals surface area contributed by atoms with Crippen LogP contribution in [-0.4, -0.2) is 39.5 Å². The van der Waals surface area contributed by atoms with Crippen molar-refractivity contribution < 1.29 is 14.3 Å². The van der Waals surface area contributed by atoms with Gasteiger partial charge in [-0.1, -0.05) is 0 Å². The van der Waals surface area contributed by atoms with Crippen molar-refractivity contribution in [1.29, 1.82) is 0 Å². The lowest BCUT2D eigenvalue weighted by atomic mass is 9.48. The number of nitrogens with zero attached hydrogens (tertiary/aromatic N) is 3. The molecule has 2 amide bonds. The molecule has 1 saturated heterocycles. The van der Waals surface area contributed by atoms with E-state index in [0.717, 1.165) is 50.5 Å². The predicted octanol–water partition coefficient (Wildman–Crippen LogP) is 2.74. The summed E-state index contributed by atoms with van der Waals surface area (Å²) in [6, 6.07) is -0.109. The minimum Gasteiger partial charge on any atom is -0.445 e. The Morgan fingerprint density at radius 3 is 2.50 bits per heavy atom. The summed E-state index contributed by atoms with van der Waals surface area (Å²) in [6.45, 7) is 2.63. The minimum atomic E-state index is -0.356. The van der Waals surface area contributed by atoms with Gasteiger partial charge in [-0.2, -0.15) is 0 Å². The average Bonchev–Trinajstić information content (AvgIpc) is 3.14. The van der Waals surface area contributed by atoms with Gasteiger partial charge in [0.1, 0.15) is 6.10 Å². The molecule has 3 unspecified atom stereocenters. The number of rotatable bonds is 3. The largest absolute Gasteiger partial charge is 0.445 e. The number of likely N-dealkylation sites (tertiary alicyclic amines) is 1. The van der Waals surface area contributed by atoms with Crippen LogP contribution in [0.5, 0.6) is 0 Å². The molecule has 3 atom stereocenters. The predicted molar refractivity (Wildman–Crippen MR) is 101 cm³/mol. The van der Waals surface area contributed by atoms with Gasteiger partial charge in [-0.25, -0.2) is 14.8 Å². The van der Waals surface area contributed by atoms with Crippen LogP contribution in [0.1, 0.15) is 62.4 Å². The second kappa shape index (κ2) is 6.42. The third-order valence-electron chi connectivity index (χ3n) is 7.53. The maximum atomic E-state index is 13.1. The topological polar surface area (TPSA) is 98.4 Å². The molecule has 150 valence electrons. The van der Waals surface area contributed by atoms with Crippen molar-refractivity contribution in [2.24, 2.45) is 28.9 Å². The van der Waals surface area contributed by atoms with Gasteiger partial charge in [0, 0.05) is 18.9 Å². The van der Waals surface area contributed by atoms with Crippen molar-refractivity contribution in [3.8, 4) is 0 Å². The third kappa shape index (κ3) is 2.78. The van der Waals surface area contributed by atoms with Gasteiger partial charge in [-0.3, -0.25) is 9.69 Å². The van der Waals surface area contributed by atoms with Crippen LogP contribution in [0.15, 0.2) is 12.4 Å². The van der Waals surface area contributed by atoms with Gasteiger partial charge in [0.05, 0.1) is 11.5 Å². The number of carbonyl (C=O) groups excluding carboxylic acids is 2. The van der Waals surface area contributed by atoms with Crippen LogP contribution in [0.3, 0.4) is 0 Å². The van der Waals surface area contributed by atoms with E-state index in [9.17, 15) is 9.59 Å². The van der Waals surface area contributed by atoms with E-state index in [-0.39, 0.29) is 41.4 Å². The molecule has 4 bridgehead atoms. The summed E-state index contributed by atoms with van der Waals surface area (Å²) in [5.74, 6) is 1.62. The Morgan fingerprint density at radius 1 is 1.18 bits per heavy atom. The van der Waals surface area contributed by atoms with E-state index in [1.165, 1.54) is 0 Å². The zero-order valence-corrected chi connectivity index (χ0v) is 16.3. The maximum Gasteiger partial charge on any atom is 0.410 e. The number of primary amides is 1. The number of carbonyl (C=O) groups is 2. The second-order valence-electron chi connectivity index (χ2n) is 9.43. The van der Waals surface area contributed by atoms with Crippen LogP contribution >= 0.6 is 0 Å². The first-order valence-corrected chi connectivity index (χ1v) is 10.5. The summed E-state index contributed by atoms with van der Waals surface area (Å²) in [6.07, 6.45) is 9.63. The summed E-state index contributed by atoms with van der Waals surface area (Å²) in [5.41, 5.74) is 6.41. The Hall–Kier alpha value is -2.18. The highest BCUT2D eigenvalue weighted by Crippen LogP contribution is 2.60. The highest BCUT2D eigenvalue weighted by atomic mass is 16.6. The number of hydrogen-bond acceptors (Lipinski definition) is 5. The fraction of sp³-hybridized carbons (Fsp3) is 0.714. The smallest absolute Gasteiger partial charge is 0.410 e. The Labute approximate surface area is 165 Å². The molecule has 0 radical (unpaired) electrons. The minimum absolute atomic E-state index is 0.0864. The van der Waals surface area contributed by atoms with Crippen LogP contribution < -0.4 is 5.73 Å². The lowest BCUT2D eigenvalue weighted by Gasteiger charge is -2.58. The molecule has 4 saturated carbocycles. The van der Waals surface area contributed by atoms with E-state index in [4.69, 9.17) is 10.5 Å². The standard InChI is InChI=1S/C21H28N4O3/c1-12-10-23-18(24-11-12)16-3-2-4-25(16)20(27)28-17-14-5-13-6-15(17)9-21(7-13,8-14)19(22)26/h10-11,13-17H,2-9H2,1H3,(H2,22,26). The Bertz CT molecular complexity index is 779. The average molecular weight is 384 g/mol. The third-order valence-corrected chi connectivity index (χ3v) is 7.53. The molecule has 1 aromatic rings. The van der Waals surface area contributed by atoms with Crippen molar-refractivity contribution in [3.05, 3.63) is 23.8 Å². The normalized spacial score (nSPS) is 38.6. The van der Waals surface area contributed by atoms with Crippen LogP contribution in [0.2, 0.25) is 0 Å². The van der Waals surface area contributed by atoms with Gasteiger partial charge in [-0.05, 0) is 75.2 Å². The Morgan fingerprint density at radius 2 is 1.86 bits per heavy atom. The van der Waals surface area contributed by atoms with E-state index in [0.29, 0.717) is 18.3 Å². The molecule has 1 aromatic heterocycles. The van der Waals surface area contributed by atoms with Gasteiger partial charge >= 0.3 is 6.09 Å². The van der Waals surface area contributed by atoms with Crippen molar-refractivity contribution in [2.45, 2.75) is 64.0 Å². The Balaban J connectivity index is 1.31. The number of hydrogen-bond donors (Lipinski definition) is 1. The van der Waals surface area contributed by atoms with E-state index in [1.54, 1.807) is 17.3 Å². The first-order valence-electron chi connectivity index (χ1n) is 10.5. The zero-order chi connectivity index (χ0) is 19.5. The van der Waals surface area contributed by atoms with Gasteiger partial charge < -0.3 is 10.5 Å². The number of amides is 2. The summed E-state index contributed by atoms with van der Waals surface area (Å²) >= 11 is 0. The lowest BCUT2D eigenvalue weighted by molar-refractivity contribution is -0.162. The van der Waals surface area contributed by atoms with Crippen molar-refractivity contribution in [3.63, 3.8) is 0 Å². The summed E-state index contributed by atoms with van der Waals surface area (Å²) in [4.78, 5) is 35.8. The Kier molecular flexibility index (Phi) is 4.10. The van der Waals surface area contributed by atoms with Gasteiger partial charge in [0.25, 0.3) is 0 Å². The molecule has 1 aliphatic heterocycles. The first-order chi connectivity index (χ1) is 13.4. The van der Waals surface area contributed by atoms with Crippen LogP contribution in [-0.2, 0) is 9.53 Å². The van der Waals surface area contributed by atoms with Crippen molar-refractivity contribution in [1.82, 2.24) is 14.9 Å². The molecule has 6 rings (SSSR count). The van der Waals surface area contributed by atoms with Crippen LogP contribution in [0.4, 0.5) is 4.79 Å². The first kappa shape index (κ1) is 17.9. The van der Waals surface area contributed by atoms with Gasteiger partial charge in [-0.15, -0.1) is 0 Å².